The van der Waals surface area contributed by atoms with Crippen molar-refractivity contribution in [3.63, 3.8) is 0 Å². The lowest BCUT2D eigenvalue weighted by molar-refractivity contribution is -0.0000181. The second-order valence-corrected chi connectivity index (χ2v) is 16.9. The number of hydrogen-bond acceptors (Lipinski definition) is 1. The van der Waals surface area contributed by atoms with Gasteiger partial charge in [0.2, 0.25) is 0 Å². The summed E-state index contributed by atoms with van der Waals surface area (Å²) in [6, 6.07) is 57.7. The van der Waals surface area contributed by atoms with Crippen molar-refractivity contribution < 1.29 is 26.2 Å². The Kier molecular flexibility index (Phi) is 10.1. The molecule has 52 heavy (non-hydrogen) atoms. The van der Waals surface area contributed by atoms with E-state index in [0.29, 0.717) is 18.4 Å². The van der Waals surface area contributed by atoms with Crippen LogP contribution in [0.3, 0.4) is 0 Å². The van der Waals surface area contributed by atoms with Crippen LogP contribution in [-0.4, -0.2) is 10.5 Å². The first kappa shape index (κ1) is 35.3. The van der Waals surface area contributed by atoms with Crippen molar-refractivity contribution in [2.75, 3.05) is 4.90 Å². The Morgan fingerprint density at radius 3 is 1.62 bits per heavy atom. The first-order chi connectivity index (χ1) is 25.0. The number of aromatic nitrogens is 1. The third-order valence-corrected chi connectivity index (χ3v) is 14.4. The Labute approximate surface area is 316 Å². The second-order valence-electron chi connectivity index (χ2n) is 13.4. The Hall–Kier alpha value is -5.09. The standard InChI is InChI=1S/C46H39FN2OP.BrH/c1-33(2)49-42(32-51(38-20-9-4-10-21-38,39-22-11-5-12-23-39)40-24-13-6-14-25-40)43(34-27-29-36(47)30-28-34)44-41-26-16-15-17-35(41)31-48(46(50)45(44)49)37-18-7-3-8-19-37;/h3-30,33H,31-32H2,1-2H3;1H/q+1;/p-1. The van der Waals surface area contributed by atoms with Crippen molar-refractivity contribution in [1.82, 2.24) is 4.57 Å². The maximum Gasteiger partial charge on any atom is 0.275 e. The minimum atomic E-state index is -2.41. The number of carbonyl (C=O) groups excluding carboxylic acids is 1. The van der Waals surface area contributed by atoms with Gasteiger partial charge in [-0.3, -0.25) is 4.79 Å². The summed E-state index contributed by atoms with van der Waals surface area (Å²) in [6.45, 7) is 4.78. The van der Waals surface area contributed by atoms with Crippen LogP contribution < -0.4 is 37.8 Å². The molecule has 0 spiro atoms. The SMILES string of the molecule is CC(C)n1c(C[P+](c2ccccc2)(c2ccccc2)c2ccccc2)c(-c2ccc(F)cc2)c2c1C(=O)N(c1ccccc1)Cc1ccccc1-2.[Br-]. The summed E-state index contributed by atoms with van der Waals surface area (Å²) < 4.78 is 17.0. The van der Waals surface area contributed by atoms with E-state index in [1.165, 1.54) is 28.0 Å². The van der Waals surface area contributed by atoms with Gasteiger partial charge in [-0.25, -0.2) is 4.39 Å². The molecule has 1 aromatic heterocycles. The number of anilines is 1. The number of halogens is 2. The van der Waals surface area contributed by atoms with Crippen molar-refractivity contribution >= 4 is 34.8 Å². The molecule has 0 fully saturated rings. The highest BCUT2D eigenvalue weighted by molar-refractivity contribution is 7.95. The number of hydrogen-bond donors (Lipinski definition) is 0. The first-order valence-electron chi connectivity index (χ1n) is 17.5. The van der Waals surface area contributed by atoms with Gasteiger partial charge in [0.15, 0.2) is 0 Å². The molecule has 3 nitrogen and oxygen atoms in total. The molecule has 7 aromatic rings. The molecule has 1 aliphatic rings. The van der Waals surface area contributed by atoms with E-state index in [2.05, 4.69) is 128 Å². The van der Waals surface area contributed by atoms with Crippen LogP contribution in [0.2, 0.25) is 0 Å². The van der Waals surface area contributed by atoms with E-state index < -0.39 is 7.26 Å². The number of nitrogens with zero attached hydrogens (tertiary/aromatic N) is 2. The van der Waals surface area contributed by atoms with E-state index in [9.17, 15) is 4.39 Å². The summed E-state index contributed by atoms with van der Waals surface area (Å²) in [5.74, 6) is -0.333. The lowest BCUT2D eigenvalue weighted by Gasteiger charge is -2.30. The number of benzene rings is 6. The number of amides is 1. The fourth-order valence-corrected chi connectivity index (χ4v) is 12.1. The van der Waals surface area contributed by atoms with E-state index in [-0.39, 0.29) is 34.7 Å². The normalized spacial score (nSPS) is 12.5. The molecule has 0 N–H and O–H groups in total. The van der Waals surface area contributed by atoms with Crippen molar-refractivity contribution in [3.05, 3.63) is 193 Å². The van der Waals surface area contributed by atoms with Crippen molar-refractivity contribution in [2.24, 2.45) is 0 Å². The molecule has 0 saturated heterocycles. The molecule has 258 valence electrons. The molecule has 6 heteroatoms. The van der Waals surface area contributed by atoms with Crippen LogP contribution in [0.15, 0.2) is 170 Å². The second kappa shape index (κ2) is 14.9. The van der Waals surface area contributed by atoms with E-state index in [1.54, 1.807) is 0 Å². The molecule has 0 aliphatic carbocycles. The largest absolute Gasteiger partial charge is 1.00 e. The molecule has 8 rings (SSSR count). The van der Waals surface area contributed by atoms with E-state index in [0.717, 1.165) is 39.2 Å². The Balaban J connectivity index is 0.00000420. The molecular formula is C46H39BrFN2OP. The highest BCUT2D eigenvalue weighted by Crippen LogP contribution is 2.60. The minimum Gasteiger partial charge on any atom is -1.00 e. The van der Waals surface area contributed by atoms with Gasteiger partial charge in [0, 0.05) is 22.9 Å². The van der Waals surface area contributed by atoms with Gasteiger partial charge in [-0.2, -0.15) is 0 Å². The highest BCUT2D eigenvalue weighted by Gasteiger charge is 2.48. The molecule has 0 bridgehead atoms. The summed E-state index contributed by atoms with van der Waals surface area (Å²) in [6.07, 6.45) is 0.656. The van der Waals surface area contributed by atoms with E-state index >= 15 is 4.79 Å². The molecule has 6 aromatic carbocycles. The molecule has 1 amide bonds. The van der Waals surface area contributed by atoms with Crippen LogP contribution >= 0.6 is 7.26 Å². The van der Waals surface area contributed by atoms with Crippen LogP contribution in [-0.2, 0) is 12.7 Å². The predicted octanol–water partition coefficient (Wildman–Crippen LogP) is 7.20. The lowest BCUT2D eigenvalue weighted by Crippen LogP contribution is -3.00. The molecule has 1 aliphatic heterocycles. The fourth-order valence-electron chi connectivity index (χ4n) is 7.85. The number of fused-ring (bicyclic) bond motifs is 3. The lowest BCUT2D eigenvalue weighted by atomic mass is 9.92. The summed E-state index contributed by atoms with van der Waals surface area (Å²) >= 11 is 0. The highest BCUT2D eigenvalue weighted by atomic mass is 79.9. The van der Waals surface area contributed by atoms with Gasteiger partial charge < -0.3 is 26.4 Å². The molecule has 0 radical (unpaired) electrons. The average Bonchev–Trinajstić information content (AvgIpc) is 3.46. The predicted molar refractivity (Wildman–Crippen MR) is 211 cm³/mol. The van der Waals surface area contributed by atoms with Gasteiger partial charge in [-0.05, 0) is 91.2 Å². The maximum absolute atomic E-state index is 15.3. The Morgan fingerprint density at radius 1 is 0.615 bits per heavy atom. The smallest absolute Gasteiger partial charge is 0.275 e. The maximum atomic E-state index is 15.3. The van der Waals surface area contributed by atoms with Crippen LogP contribution in [0, 0.1) is 5.82 Å². The monoisotopic (exact) mass is 764 g/mol. The molecule has 0 unspecified atom stereocenters. The third-order valence-electron chi connectivity index (χ3n) is 10.1. The van der Waals surface area contributed by atoms with Gasteiger partial charge >= 0.3 is 0 Å². The van der Waals surface area contributed by atoms with Gasteiger partial charge in [0.05, 0.1) is 12.2 Å². The van der Waals surface area contributed by atoms with Gasteiger partial charge in [0.25, 0.3) is 5.91 Å². The minimum absolute atomic E-state index is 0. The quantitative estimate of drug-likeness (QED) is 0.151. The number of rotatable bonds is 8. The summed E-state index contributed by atoms with van der Waals surface area (Å²) in [7, 11) is -2.41. The van der Waals surface area contributed by atoms with E-state index in [1.807, 2.05) is 53.4 Å². The summed E-state index contributed by atoms with van der Waals surface area (Å²) in [5, 5.41) is 3.78. The van der Waals surface area contributed by atoms with Crippen LogP contribution in [0.4, 0.5) is 10.1 Å². The van der Waals surface area contributed by atoms with Crippen molar-refractivity contribution in [1.29, 1.82) is 0 Å². The Bertz CT molecular complexity index is 2210. The van der Waals surface area contributed by atoms with Crippen molar-refractivity contribution in [2.45, 2.75) is 32.6 Å². The molecule has 2 heterocycles. The fraction of sp³-hybridized carbons (Fsp3) is 0.109. The van der Waals surface area contributed by atoms with Crippen LogP contribution in [0.5, 0.6) is 0 Å². The summed E-state index contributed by atoms with van der Waals surface area (Å²) in [4.78, 5) is 17.2. The van der Waals surface area contributed by atoms with Crippen LogP contribution in [0.1, 0.15) is 41.6 Å². The summed E-state index contributed by atoms with van der Waals surface area (Å²) in [5.41, 5.74) is 7.49. The van der Waals surface area contributed by atoms with Crippen LogP contribution in [0.25, 0.3) is 22.3 Å². The zero-order valence-electron chi connectivity index (χ0n) is 29.2. The van der Waals surface area contributed by atoms with Gasteiger partial charge in [-0.1, -0.05) is 109 Å². The van der Waals surface area contributed by atoms with E-state index in [4.69, 9.17) is 0 Å². The Morgan fingerprint density at radius 2 is 1.10 bits per heavy atom. The molecule has 0 saturated carbocycles. The molecule has 0 atom stereocenters. The zero-order valence-corrected chi connectivity index (χ0v) is 31.6. The first-order valence-corrected chi connectivity index (χ1v) is 19.5. The van der Waals surface area contributed by atoms with Gasteiger partial charge in [-0.15, -0.1) is 0 Å². The van der Waals surface area contributed by atoms with Crippen molar-refractivity contribution in [3.8, 4) is 22.3 Å². The molecular weight excluding hydrogens is 726 g/mol. The zero-order chi connectivity index (χ0) is 35.0. The average molecular weight is 766 g/mol. The number of para-hydroxylation sites is 1. The third kappa shape index (κ3) is 6.12. The topological polar surface area (TPSA) is 25.2 Å². The number of carbonyl (C=O) groups is 1. The van der Waals surface area contributed by atoms with Gasteiger partial charge in [0.1, 0.15) is 40.8 Å².